The lowest BCUT2D eigenvalue weighted by Gasteiger charge is -2.23. The molecule has 0 atom stereocenters. The first-order valence-electron chi connectivity index (χ1n) is 9.68. The SMILES string of the molecule is Cc1ccc(C)c(OCCNC(=O)CN(c2cccc3ccccc23)S(C)(=O)=O)c1. The van der Waals surface area contributed by atoms with E-state index in [4.69, 9.17) is 4.74 Å². The normalized spacial score (nSPS) is 11.3. The second-order valence-electron chi connectivity index (χ2n) is 7.24. The molecular weight excluding hydrogens is 400 g/mol. The molecule has 1 amide bonds. The molecule has 30 heavy (non-hydrogen) atoms. The van der Waals surface area contributed by atoms with Crippen molar-refractivity contribution in [3.63, 3.8) is 0 Å². The number of nitrogens with one attached hydrogen (secondary N) is 1. The Labute approximate surface area is 177 Å². The second kappa shape index (κ2) is 9.17. The molecule has 0 aromatic heterocycles. The van der Waals surface area contributed by atoms with E-state index in [1.165, 1.54) is 0 Å². The average Bonchev–Trinajstić information content (AvgIpc) is 2.70. The molecular formula is C23H26N2O4S. The summed E-state index contributed by atoms with van der Waals surface area (Å²) in [7, 11) is -3.65. The summed E-state index contributed by atoms with van der Waals surface area (Å²) in [5.41, 5.74) is 2.60. The number of carbonyl (C=O) groups excluding carboxylic acids is 1. The van der Waals surface area contributed by atoms with Gasteiger partial charge in [0.1, 0.15) is 18.9 Å². The summed E-state index contributed by atoms with van der Waals surface area (Å²) in [6.07, 6.45) is 1.10. The van der Waals surface area contributed by atoms with Gasteiger partial charge in [-0.15, -0.1) is 0 Å². The van der Waals surface area contributed by atoms with Crippen LogP contribution in [-0.4, -0.2) is 40.3 Å². The molecule has 6 nitrogen and oxygen atoms in total. The van der Waals surface area contributed by atoms with E-state index in [1.807, 2.05) is 62.4 Å². The first-order valence-corrected chi connectivity index (χ1v) is 11.5. The van der Waals surface area contributed by atoms with Crippen molar-refractivity contribution >= 4 is 32.4 Å². The number of rotatable bonds is 8. The van der Waals surface area contributed by atoms with Gasteiger partial charge in [-0.1, -0.05) is 48.5 Å². The molecule has 0 fully saturated rings. The molecule has 0 saturated carbocycles. The van der Waals surface area contributed by atoms with Gasteiger partial charge in [0.25, 0.3) is 0 Å². The minimum absolute atomic E-state index is 0.277. The zero-order valence-electron chi connectivity index (χ0n) is 17.4. The Morgan fingerprint density at radius 2 is 1.77 bits per heavy atom. The second-order valence-corrected chi connectivity index (χ2v) is 9.14. The van der Waals surface area contributed by atoms with Crippen molar-refractivity contribution in [1.82, 2.24) is 5.32 Å². The number of amides is 1. The van der Waals surface area contributed by atoms with Crippen LogP contribution in [0, 0.1) is 13.8 Å². The van der Waals surface area contributed by atoms with Crippen LogP contribution in [0.1, 0.15) is 11.1 Å². The minimum atomic E-state index is -3.65. The van der Waals surface area contributed by atoms with E-state index in [0.717, 1.165) is 38.2 Å². The highest BCUT2D eigenvalue weighted by atomic mass is 32.2. The van der Waals surface area contributed by atoms with Gasteiger partial charge in [0.15, 0.2) is 0 Å². The van der Waals surface area contributed by atoms with E-state index in [0.29, 0.717) is 12.3 Å². The fourth-order valence-electron chi connectivity index (χ4n) is 3.21. The maximum absolute atomic E-state index is 12.5. The summed E-state index contributed by atoms with van der Waals surface area (Å²) < 4.78 is 31.7. The number of sulfonamides is 1. The topological polar surface area (TPSA) is 75.7 Å². The van der Waals surface area contributed by atoms with Crippen molar-refractivity contribution in [3.05, 3.63) is 71.8 Å². The molecule has 0 bridgehead atoms. The fraction of sp³-hybridized carbons (Fsp3) is 0.261. The molecule has 1 N–H and O–H groups in total. The first kappa shape index (κ1) is 21.6. The maximum atomic E-state index is 12.5. The molecule has 3 aromatic rings. The van der Waals surface area contributed by atoms with Crippen LogP contribution < -0.4 is 14.4 Å². The van der Waals surface area contributed by atoms with Crippen LogP contribution in [0.3, 0.4) is 0 Å². The van der Waals surface area contributed by atoms with Gasteiger partial charge in [-0.3, -0.25) is 9.10 Å². The number of ether oxygens (including phenoxy) is 1. The van der Waals surface area contributed by atoms with Crippen molar-refractivity contribution in [2.24, 2.45) is 0 Å². The summed E-state index contributed by atoms with van der Waals surface area (Å²) in [6, 6.07) is 18.8. The number of hydrogen-bond donors (Lipinski definition) is 1. The molecule has 0 aliphatic rings. The van der Waals surface area contributed by atoms with Crippen molar-refractivity contribution < 1.29 is 17.9 Å². The third-order valence-electron chi connectivity index (χ3n) is 4.75. The van der Waals surface area contributed by atoms with Crippen LogP contribution >= 0.6 is 0 Å². The number of nitrogens with zero attached hydrogens (tertiary/aromatic N) is 1. The van der Waals surface area contributed by atoms with Crippen molar-refractivity contribution in [2.45, 2.75) is 13.8 Å². The van der Waals surface area contributed by atoms with Crippen molar-refractivity contribution in [3.8, 4) is 5.75 Å². The molecule has 0 aliphatic carbocycles. The lowest BCUT2D eigenvalue weighted by atomic mass is 10.1. The lowest BCUT2D eigenvalue weighted by Crippen LogP contribution is -2.41. The number of fused-ring (bicyclic) bond motifs is 1. The monoisotopic (exact) mass is 426 g/mol. The van der Waals surface area contributed by atoms with E-state index in [9.17, 15) is 13.2 Å². The fourth-order valence-corrected chi connectivity index (χ4v) is 4.08. The average molecular weight is 427 g/mol. The minimum Gasteiger partial charge on any atom is -0.491 e. The number of anilines is 1. The van der Waals surface area contributed by atoms with E-state index >= 15 is 0 Å². The number of benzene rings is 3. The molecule has 0 spiro atoms. The molecule has 0 saturated heterocycles. The van der Waals surface area contributed by atoms with Crippen LogP contribution in [0.15, 0.2) is 60.7 Å². The summed E-state index contributed by atoms with van der Waals surface area (Å²) in [5, 5.41) is 4.42. The summed E-state index contributed by atoms with van der Waals surface area (Å²) >= 11 is 0. The highest BCUT2D eigenvalue weighted by Crippen LogP contribution is 2.28. The van der Waals surface area contributed by atoms with Gasteiger partial charge in [-0.2, -0.15) is 0 Å². The smallest absolute Gasteiger partial charge is 0.240 e. The Hall–Kier alpha value is -3.06. The zero-order valence-corrected chi connectivity index (χ0v) is 18.2. The number of carbonyl (C=O) groups is 1. The third kappa shape index (κ3) is 5.30. The predicted molar refractivity (Wildman–Crippen MR) is 121 cm³/mol. The molecule has 0 unspecified atom stereocenters. The Balaban J connectivity index is 1.66. The van der Waals surface area contributed by atoms with Gasteiger partial charge in [-0.25, -0.2) is 8.42 Å². The number of hydrogen-bond acceptors (Lipinski definition) is 4. The van der Waals surface area contributed by atoms with E-state index in [2.05, 4.69) is 5.32 Å². The summed E-state index contributed by atoms with van der Waals surface area (Å²) in [6.45, 7) is 4.22. The molecule has 0 aliphatic heterocycles. The summed E-state index contributed by atoms with van der Waals surface area (Å²) in [4.78, 5) is 12.5. The Morgan fingerprint density at radius 3 is 2.53 bits per heavy atom. The van der Waals surface area contributed by atoms with E-state index < -0.39 is 15.9 Å². The molecule has 0 heterocycles. The Kier molecular flexibility index (Phi) is 6.62. The molecule has 7 heteroatoms. The highest BCUT2D eigenvalue weighted by Gasteiger charge is 2.22. The third-order valence-corrected chi connectivity index (χ3v) is 5.87. The van der Waals surface area contributed by atoms with Gasteiger partial charge in [0, 0.05) is 5.39 Å². The van der Waals surface area contributed by atoms with E-state index in [1.54, 1.807) is 12.1 Å². The lowest BCUT2D eigenvalue weighted by molar-refractivity contribution is -0.119. The Bertz CT molecular complexity index is 1150. The van der Waals surface area contributed by atoms with Crippen LogP contribution in [0.2, 0.25) is 0 Å². The highest BCUT2D eigenvalue weighted by molar-refractivity contribution is 7.92. The molecule has 3 aromatic carbocycles. The van der Waals surface area contributed by atoms with Crippen LogP contribution in [-0.2, 0) is 14.8 Å². The van der Waals surface area contributed by atoms with Gasteiger partial charge in [0.2, 0.25) is 15.9 Å². The van der Waals surface area contributed by atoms with E-state index in [-0.39, 0.29) is 13.1 Å². The van der Waals surface area contributed by atoms with Gasteiger partial charge < -0.3 is 10.1 Å². The van der Waals surface area contributed by atoms with Crippen LogP contribution in [0.25, 0.3) is 10.8 Å². The van der Waals surface area contributed by atoms with Crippen LogP contribution in [0.4, 0.5) is 5.69 Å². The maximum Gasteiger partial charge on any atom is 0.240 e. The number of aryl methyl sites for hydroxylation is 2. The quantitative estimate of drug-likeness (QED) is 0.560. The van der Waals surface area contributed by atoms with Gasteiger partial charge >= 0.3 is 0 Å². The van der Waals surface area contributed by atoms with Crippen molar-refractivity contribution in [1.29, 1.82) is 0 Å². The predicted octanol–water partition coefficient (Wildman–Crippen LogP) is 3.42. The Morgan fingerprint density at radius 1 is 1.03 bits per heavy atom. The van der Waals surface area contributed by atoms with Gasteiger partial charge in [-0.05, 0) is 42.5 Å². The van der Waals surface area contributed by atoms with Crippen molar-refractivity contribution in [2.75, 3.05) is 30.3 Å². The largest absolute Gasteiger partial charge is 0.491 e. The standard InChI is InChI=1S/C23H26N2O4S/c1-17-11-12-18(2)22(15-17)29-14-13-24-23(26)16-25(30(3,27)28)21-10-6-8-19-7-4-5-9-20(19)21/h4-12,15H,13-14,16H2,1-3H3,(H,24,26). The molecule has 158 valence electrons. The van der Waals surface area contributed by atoms with Crippen LogP contribution in [0.5, 0.6) is 5.75 Å². The molecule has 0 radical (unpaired) electrons. The van der Waals surface area contributed by atoms with Gasteiger partial charge in [0.05, 0.1) is 18.5 Å². The zero-order chi connectivity index (χ0) is 21.7. The summed E-state index contributed by atoms with van der Waals surface area (Å²) in [5.74, 6) is 0.385. The molecule has 3 rings (SSSR count). The first-order chi connectivity index (χ1) is 14.3.